The number of methoxy groups -OCH3 is 1. The number of rotatable bonds is 1. The molecule has 0 saturated carbocycles. The van der Waals surface area contributed by atoms with E-state index in [0.717, 1.165) is 5.56 Å². The van der Waals surface area contributed by atoms with Crippen LogP contribution >= 0.6 is 0 Å². The molecule has 1 aromatic carbocycles. The van der Waals surface area contributed by atoms with Gasteiger partial charge in [-0.3, -0.25) is 0 Å². The van der Waals surface area contributed by atoms with Crippen LogP contribution in [0.5, 0.6) is 11.5 Å². The van der Waals surface area contributed by atoms with Crippen molar-refractivity contribution in [2.24, 2.45) is 0 Å². The molecule has 0 unspecified atom stereocenters. The molecule has 0 amide bonds. The van der Waals surface area contributed by atoms with Gasteiger partial charge in [-0.1, -0.05) is 20.8 Å². The van der Waals surface area contributed by atoms with Crippen molar-refractivity contribution in [3.63, 3.8) is 0 Å². The van der Waals surface area contributed by atoms with Gasteiger partial charge >= 0.3 is 21.7 Å². The molecule has 0 atom stereocenters. The molecule has 90 valence electrons. The Morgan fingerprint density at radius 1 is 1.06 bits per heavy atom. The fraction of sp³-hybridized carbons (Fsp3) is 0.455. The van der Waals surface area contributed by atoms with E-state index in [-0.39, 0.29) is 57.7 Å². The Kier molecular flexibility index (Phi) is 11.0. The van der Waals surface area contributed by atoms with Gasteiger partial charge in [0.05, 0.1) is 7.11 Å². The first-order valence-electron chi connectivity index (χ1n) is 4.32. The first kappa shape index (κ1) is 21.4. The maximum absolute atomic E-state index is 9.41. The van der Waals surface area contributed by atoms with Gasteiger partial charge < -0.3 is 34.7 Å². The maximum Gasteiger partial charge on any atom is 2.00 e. The molecule has 0 bridgehead atoms. The van der Waals surface area contributed by atoms with Gasteiger partial charge in [0, 0.05) is 6.07 Å². The quantitative estimate of drug-likeness (QED) is 0.551. The molecule has 5 heteroatoms. The fourth-order valence-electron chi connectivity index (χ4n) is 1.13. The van der Waals surface area contributed by atoms with Crippen molar-refractivity contribution in [2.45, 2.75) is 26.2 Å². The second-order valence-electron chi connectivity index (χ2n) is 4.17. The summed E-state index contributed by atoms with van der Waals surface area (Å²) in [6.45, 7) is 6.30. The van der Waals surface area contributed by atoms with Gasteiger partial charge in [-0.05, 0) is 23.1 Å². The van der Waals surface area contributed by atoms with Crippen molar-refractivity contribution < 1.29 is 56.4 Å². The monoisotopic (exact) mass is 298 g/mol. The van der Waals surface area contributed by atoms with Crippen molar-refractivity contribution in [2.75, 3.05) is 7.11 Å². The molecular weight excluding hydrogens is 283 g/mol. The number of hydrogen-bond donors (Lipinski definition) is 1. The summed E-state index contributed by atoms with van der Waals surface area (Å²) in [6.07, 6.45) is 0. The predicted octanol–water partition coefficient (Wildman–Crippen LogP) is -3.30. The summed E-state index contributed by atoms with van der Waals surface area (Å²) in [4.78, 5) is 0. The second kappa shape index (κ2) is 8.24. The Balaban J connectivity index is -0.000000563. The van der Waals surface area contributed by atoms with Gasteiger partial charge in [0.15, 0.2) is 0 Å². The minimum atomic E-state index is 0. The number of benzene rings is 1. The molecule has 0 aromatic heterocycles. The molecule has 0 heterocycles. The molecule has 0 radical (unpaired) electrons. The second-order valence-corrected chi connectivity index (χ2v) is 4.17. The van der Waals surface area contributed by atoms with Crippen LogP contribution in [-0.4, -0.2) is 12.2 Å². The number of halogens is 2. The van der Waals surface area contributed by atoms with Crippen molar-refractivity contribution in [3.05, 3.63) is 23.8 Å². The Labute approximate surface area is 124 Å². The van der Waals surface area contributed by atoms with E-state index in [1.807, 2.05) is 6.07 Å². The summed E-state index contributed by atoms with van der Waals surface area (Å²) in [7, 11) is 1.60. The molecule has 0 fully saturated rings. The first-order chi connectivity index (χ1) is 5.93. The summed E-state index contributed by atoms with van der Waals surface area (Å²) in [5, 5.41) is 9.41. The third-order valence-electron chi connectivity index (χ3n) is 1.99. The normalized spacial score (nSPS) is 9.25. The standard InChI is InChI=1S/C11H16O2.2ClH.Ti/c1-11(2,3)8-5-9(12)7-10(6-8)13-4;;;/h5-7,12H,1-4H3;2*1H;/q;;;+2/p-2. The average molecular weight is 299 g/mol. The molecule has 0 aliphatic rings. The number of aromatic hydroxyl groups is 1. The molecule has 16 heavy (non-hydrogen) atoms. The molecule has 1 rings (SSSR count). The third-order valence-corrected chi connectivity index (χ3v) is 1.99. The molecular formula is C11H16Cl2O2Ti. The van der Waals surface area contributed by atoms with Crippen LogP contribution in [0.2, 0.25) is 0 Å². The van der Waals surface area contributed by atoms with Gasteiger partial charge in [-0.25, -0.2) is 0 Å². The maximum atomic E-state index is 9.41. The predicted molar refractivity (Wildman–Crippen MR) is 53.4 cm³/mol. The smallest absolute Gasteiger partial charge is 1.00 e. The zero-order valence-electron chi connectivity index (χ0n) is 9.84. The SMILES string of the molecule is COc1cc(O)cc(C(C)(C)C)c1.[Cl-].[Cl-].[Ti+2]. The van der Waals surface area contributed by atoms with Crippen LogP contribution in [0.15, 0.2) is 18.2 Å². The largest absolute Gasteiger partial charge is 2.00 e. The number of hydrogen-bond acceptors (Lipinski definition) is 2. The van der Waals surface area contributed by atoms with E-state index < -0.39 is 0 Å². The molecule has 1 aromatic rings. The van der Waals surface area contributed by atoms with Crippen molar-refractivity contribution >= 4 is 0 Å². The number of phenolic OH excluding ortho intramolecular Hbond substituents is 1. The topological polar surface area (TPSA) is 29.5 Å². The Bertz CT molecular complexity index is 311. The first-order valence-corrected chi connectivity index (χ1v) is 4.32. The van der Waals surface area contributed by atoms with E-state index in [4.69, 9.17) is 4.74 Å². The Morgan fingerprint density at radius 2 is 1.56 bits per heavy atom. The van der Waals surface area contributed by atoms with Gasteiger partial charge in [-0.2, -0.15) is 0 Å². The van der Waals surface area contributed by atoms with Crippen LogP contribution < -0.4 is 29.6 Å². The summed E-state index contributed by atoms with van der Waals surface area (Å²) >= 11 is 0. The molecule has 0 aliphatic carbocycles. The number of ether oxygens (including phenoxy) is 1. The van der Waals surface area contributed by atoms with Gasteiger partial charge in [-0.15, -0.1) is 0 Å². The zero-order chi connectivity index (χ0) is 10.1. The minimum Gasteiger partial charge on any atom is -1.00 e. The van der Waals surface area contributed by atoms with Crippen LogP contribution in [0.1, 0.15) is 26.3 Å². The molecule has 0 spiro atoms. The average Bonchev–Trinajstić information content (AvgIpc) is 2.01. The van der Waals surface area contributed by atoms with E-state index in [0.29, 0.717) is 5.75 Å². The summed E-state index contributed by atoms with van der Waals surface area (Å²) in [6, 6.07) is 5.32. The molecule has 0 aliphatic heterocycles. The van der Waals surface area contributed by atoms with Crippen LogP contribution in [-0.2, 0) is 27.1 Å². The fourth-order valence-corrected chi connectivity index (χ4v) is 1.13. The van der Waals surface area contributed by atoms with Crippen LogP contribution in [0.4, 0.5) is 0 Å². The van der Waals surface area contributed by atoms with Crippen molar-refractivity contribution in [1.29, 1.82) is 0 Å². The zero-order valence-corrected chi connectivity index (χ0v) is 12.9. The third kappa shape index (κ3) is 6.00. The van der Waals surface area contributed by atoms with E-state index in [2.05, 4.69) is 20.8 Å². The molecule has 2 nitrogen and oxygen atoms in total. The van der Waals surface area contributed by atoms with Gasteiger partial charge in [0.2, 0.25) is 0 Å². The van der Waals surface area contributed by atoms with E-state index >= 15 is 0 Å². The summed E-state index contributed by atoms with van der Waals surface area (Å²) in [5.74, 6) is 0.953. The minimum absolute atomic E-state index is 0. The Hall–Kier alpha value is 0.114. The van der Waals surface area contributed by atoms with E-state index in [9.17, 15) is 5.11 Å². The Morgan fingerprint density at radius 3 is 1.94 bits per heavy atom. The van der Waals surface area contributed by atoms with Crippen LogP contribution in [0.25, 0.3) is 0 Å². The van der Waals surface area contributed by atoms with Crippen LogP contribution in [0.3, 0.4) is 0 Å². The summed E-state index contributed by atoms with van der Waals surface area (Å²) in [5.41, 5.74) is 1.11. The van der Waals surface area contributed by atoms with Gasteiger partial charge in [0.1, 0.15) is 11.5 Å². The van der Waals surface area contributed by atoms with Gasteiger partial charge in [0.25, 0.3) is 0 Å². The van der Waals surface area contributed by atoms with Crippen molar-refractivity contribution in [1.82, 2.24) is 0 Å². The van der Waals surface area contributed by atoms with Crippen molar-refractivity contribution in [3.8, 4) is 11.5 Å². The summed E-state index contributed by atoms with van der Waals surface area (Å²) < 4.78 is 5.07. The molecule has 1 N–H and O–H groups in total. The molecule has 0 saturated heterocycles. The van der Waals surface area contributed by atoms with E-state index in [1.54, 1.807) is 19.2 Å². The number of phenols is 1. The van der Waals surface area contributed by atoms with Crippen LogP contribution in [0, 0.1) is 0 Å². The van der Waals surface area contributed by atoms with E-state index in [1.165, 1.54) is 0 Å².